The number of nitrogens with zero attached hydrogens (tertiary/aromatic N) is 3. The van der Waals surface area contributed by atoms with E-state index in [2.05, 4.69) is 4.90 Å². The lowest BCUT2D eigenvalue weighted by Crippen LogP contribution is -2.55. The van der Waals surface area contributed by atoms with E-state index in [0.717, 1.165) is 16.7 Å². The van der Waals surface area contributed by atoms with Gasteiger partial charge in [0.15, 0.2) is 0 Å². The van der Waals surface area contributed by atoms with Crippen LogP contribution >= 0.6 is 0 Å². The summed E-state index contributed by atoms with van der Waals surface area (Å²) in [5.41, 5.74) is 2.90. The first-order valence-electron chi connectivity index (χ1n) is 10.3. The molecule has 30 heavy (non-hydrogen) atoms. The third-order valence-corrected chi connectivity index (χ3v) is 7.82. The summed E-state index contributed by atoms with van der Waals surface area (Å²) < 4.78 is 27.7. The Bertz CT molecular complexity index is 984. The number of amides is 1. The molecule has 1 aliphatic heterocycles. The van der Waals surface area contributed by atoms with Crippen LogP contribution in [0.3, 0.4) is 0 Å². The van der Waals surface area contributed by atoms with E-state index in [9.17, 15) is 13.2 Å². The fraction of sp³-hybridized carbons (Fsp3) is 0.435. The molecule has 1 amide bonds. The number of carbonyl (C=O) groups excluding carboxylic acids is 1. The number of benzene rings is 2. The van der Waals surface area contributed by atoms with Crippen molar-refractivity contribution in [1.29, 1.82) is 0 Å². The molecule has 162 valence electrons. The van der Waals surface area contributed by atoms with Crippen LogP contribution in [0.25, 0.3) is 0 Å². The van der Waals surface area contributed by atoms with Crippen LogP contribution in [-0.4, -0.2) is 67.7 Å². The van der Waals surface area contributed by atoms with Gasteiger partial charge < -0.3 is 4.90 Å². The third kappa shape index (κ3) is 4.91. The zero-order valence-electron chi connectivity index (χ0n) is 18.2. The van der Waals surface area contributed by atoms with Crippen molar-refractivity contribution in [3.05, 3.63) is 65.2 Å². The topological polar surface area (TPSA) is 60.9 Å². The molecule has 0 bridgehead atoms. The molecule has 0 unspecified atom stereocenters. The number of aryl methyl sites for hydroxylation is 2. The van der Waals surface area contributed by atoms with Crippen molar-refractivity contribution in [3.8, 4) is 0 Å². The van der Waals surface area contributed by atoms with Gasteiger partial charge in [0.25, 0.3) is 0 Å². The molecule has 0 radical (unpaired) electrons. The van der Waals surface area contributed by atoms with E-state index < -0.39 is 10.0 Å². The molecule has 0 aromatic heterocycles. The van der Waals surface area contributed by atoms with Crippen LogP contribution in [0.2, 0.25) is 0 Å². The van der Waals surface area contributed by atoms with E-state index in [1.54, 1.807) is 11.0 Å². The summed E-state index contributed by atoms with van der Waals surface area (Å²) >= 11 is 0. The van der Waals surface area contributed by atoms with Gasteiger partial charge in [0.2, 0.25) is 15.9 Å². The minimum Gasteiger partial charge on any atom is -0.340 e. The number of piperazine rings is 1. The second-order valence-corrected chi connectivity index (χ2v) is 9.97. The van der Waals surface area contributed by atoms with Crippen LogP contribution in [0.1, 0.15) is 23.6 Å². The Labute approximate surface area is 180 Å². The molecule has 0 saturated carbocycles. The Hall–Kier alpha value is -2.22. The second-order valence-electron chi connectivity index (χ2n) is 8.06. The van der Waals surface area contributed by atoms with Crippen LogP contribution in [0, 0.1) is 13.8 Å². The van der Waals surface area contributed by atoms with Gasteiger partial charge in [-0.3, -0.25) is 9.69 Å². The van der Waals surface area contributed by atoms with Gasteiger partial charge in [-0.1, -0.05) is 48.0 Å². The van der Waals surface area contributed by atoms with Gasteiger partial charge in [-0.25, -0.2) is 8.42 Å². The number of likely N-dealkylation sites (N-methyl/N-ethyl adjacent to an activating group) is 1. The summed E-state index contributed by atoms with van der Waals surface area (Å²) in [6, 6.07) is 15.0. The van der Waals surface area contributed by atoms with Crippen molar-refractivity contribution in [2.75, 3.05) is 33.2 Å². The van der Waals surface area contributed by atoms with Gasteiger partial charge in [0.05, 0.1) is 10.9 Å². The summed E-state index contributed by atoms with van der Waals surface area (Å²) in [4.78, 5) is 17.0. The van der Waals surface area contributed by atoms with Crippen LogP contribution in [-0.2, 0) is 21.4 Å². The standard InChI is InChI=1S/C23H31N3O3S/c1-18-10-11-22(19(2)16-18)30(28,29)26-14-12-25(13-15-26)20(3)23(27)24(4)17-21-8-6-5-7-9-21/h5-11,16,20H,12-15,17H2,1-4H3/t20-/m1/s1. The van der Waals surface area contributed by atoms with E-state index >= 15 is 0 Å². The van der Waals surface area contributed by atoms with Crippen LogP contribution in [0.15, 0.2) is 53.4 Å². The van der Waals surface area contributed by atoms with Gasteiger partial charge in [-0.05, 0) is 38.0 Å². The summed E-state index contributed by atoms with van der Waals surface area (Å²) in [6.07, 6.45) is 0. The highest BCUT2D eigenvalue weighted by atomic mass is 32.2. The van der Waals surface area contributed by atoms with Crippen LogP contribution < -0.4 is 0 Å². The van der Waals surface area contributed by atoms with Gasteiger partial charge in [0, 0.05) is 39.8 Å². The average Bonchev–Trinajstić information content (AvgIpc) is 2.73. The highest BCUT2D eigenvalue weighted by molar-refractivity contribution is 7.89. The largest absolute Gasteiger partial charge is 0.340 e. The normalized spacial score (nSPS) is 16.9. The second kappa shape index (κ2) is 9.29. The number of hydrogen-bond acceptors (Lipinski definition) is 4. The Balaban J connectivity index is 1.61. The Morgan fingerprint density at radius 3 is 2.27 bits per heavy atom. The molecule has 0 N–H and O–H groups in total. The van der Waals surface area contributed by atoms with Gasteiger partial charge in [0.1, 0.15) is 0 Å². The third-order valence-electron chi connectivity index (χ3n) is 5.77. The predicted octanol–water partition coefficient (Wildman–Crippen LogP) is 2.66. The molecule has 1 saturated heterocycles. The molecule has 1 atom stereocenters. The fourth-order valence-corrected chi connectivity index (χ4v) is 5.60. The molecule has 6 nitrogen and oxygen atoms in total. The van der Waals surface area contributed by atoms with Crippen LogP contribution in [0.5, 0.6) is 0 Å². The maximum absolute atomic E-state index is 13.1. The van der Waals surface area contributed by atoms with E-state index in [1.807, 2.05) is 70.3 Å². The maximum Gasteiger partial charge on any atom is 0.243 e. The fourth-order valence-electron chi connectivity index (χ4n) is 3.97. The summed E-state index contributed by atoms with van der Waals surface area (Å²) in [6.45, 7) is 8.09. The van der Waals surface area contributed by atoms with Crippen molar-refractivity contribution in [2.24, 2.45) is 0 Å². The predicted molar refractivity (Wildman–Crippen MR) is 119 cm³/mol. The van der Waals surface area contributed by atoms with E-state index in [4.69, 9.17) is 0 Å². The highest BCUT2D eigenvalue weighted by Gasteiger charge is 2.33. The zero-order valence-corrected chi connectivity index (χ0v) is 19.0. The van der Waals surface area contributed by atoms with Gasteiger partial charge >= 0.3 is 0 Å². The Morgan fingerprint density at radius 1 is 1.03 bits per heavy atom. The molecular weight excluding hydrogens is 398 g/mol. The maximum atomic E-state index is 13.1. The summed E-state index contributed by atoms with van der Waals surface area (Å²) in [5.74, 6) is 0.0459. The lowest BCUT2D eigenvalue weighted by molar-refractivity contribution is -0.136. The first kappa shape index (κ1) is 22.5. The molecule has 3 rings (SSSR count). The molecule has 2 aromatic rings. The Kier molecular flexibility index (Phi) is 6.95. The molecule has 1 heterocycles. The van der Waals surface area contributed by atoms with Gasteiger partial charge in [-0.15, -0.1) is 0 Å². The van der Waals surface area contributed by atoms with Crippen molar-refractivity contribution < 1.29 is 13.2 Å². The van der Waals surface area contributed by atoms with Crippen molar-refractivity contribution in [1.82, 2.24) is 14.1 Å². The van der Waals surface area contributed by atoms with E-state index in [1.165, 1.54) is 4.31 Å². The summed E-state index contributed by atoms with van der Waals surface area (Å²) in [7, 11) is -1.71. The van der Waals surface area contributed by atoms with Crippen molar-refractivity contribution in [2.45, 2.75) is 38.3 Å². The molecule has 7 heteroatoms. The Morgan fingerprint density at radius 2 is 1.67 bits per heavy atom. The lowest BCUT2D eigenvalue weighted by Gasteiger charge is -2.38. The lowest BCUT2D eigenvalue weighted by atomic mass is 10.2. The minimum absolute atomic E-state index is 0.0459. The molecule has 1 fully saturated rings. The first-order valence-corrected chi connectivity index (χ1v) is 11.7. The average molecular weight is 430 g/mol. The molecular formula is C23H31N3O3S. The molecule has 0 spiro atoms. The number of sulfonamides is 1. The molecule has 0 aliphatic carbocycles. The monoisotopic (exact) mass is 429 g/mol. The highest BCUT2D eigenvalue weighted by Crippen LogP contribution is 2.23. The van der Waals surface area contributed by atoms with Crippen molar-refractivity contribution >= 4 is 15.9 Å². The quantitative estimate of drug-likeness (QED) is 0.708. The first-order chi connectivity index (χ1) is 14.2. The molecule has 1 aliphatic rings. The summed E-state index contributed by atoms with van der Waals surface area (Å²) in [5, 5.41) is 0. The SMILES string of the molecule is Cc1ccc(S(=O)(=O)N2CCN([C@H](C)C(=O)N(C)Cc3ccccc3)CC2)c(C)c1. The number of rotatable bonds is 6. The van der Waals surface area contributed by atoms with Crippen molar-refractivity contribution in [3.63, 3.8) is 0 Å². The van der Waals surface area contributed by atoms with E-state index in [-0.39, 0.29) is 11.9 Å². The smallest absolute Gasteiger partial charge is 0.243 e. The van der Waals surface area contributed by atoms with Gasteiger partial charge in [-0.2, -0.15) is 4.31 Å². The van der Waals surface area contributed by atoms with Crippen LogP contribution in [0.4, 0.5) is 0 Å². The molecule has 2 aromatic carbocycles. The number of carbonyl (C=O) groups is 1. The zero-order chi connectivity index (χ0) is 21.9. The minimum atomic E-state index is -3.52. The van der Waals surface area contributed by atoms with E-state index in [0.29, 0.717) is 37.6 Å². The number of hydrogen-bond donors (Lipinski definition) is 0.